The molecule has 1 aromatic heterocycles. The van der Waals surface area contributed by atoms with Crippen molar-refractivity contribution in [2.45, 2.75) is 37.8 Å². The van der Waals surface area contributed by atoms with Gasteiger partial charge in [-0.15, -0.1) is 12.4 Å². The molecule has 10 heteroatoms. The highest BCUT2D eigenvalue weighted by molar-refractivity contribution is 7.89. The Balaban J connectivity index is 0.00000361. The number of nitrogens with one attached hydrogen (secondary N) is 2. The summed E-state index contributed by atoms with van der Waals surface area (Å²) in [5.74, 6) is 0. The highest BCUT2D eigenvalue weighted by atomic mass is 35.5. The monoisotopic (exact) mass is 332 g/mol. The van der Waals surface area contributed by atoms with Crippen LogP contribution in [0.4, 0.5) is 8.78 Å². The molecule has 0 radical (unpaired) electrons. The van der Waals surface area contributed by atoms with Gasteiger partial charge in [-0.2, -0.15) is 5.10 Å². The van der Waals surface area contributed by atoms with Crippen LogP contribution in [0.1, 0.15) is 13.8 Å². The smallest absolute Gasteiger partial charge is 0.257 e. The van der Waals surface area contributed by atoms with Crippen LogP contribution in [0.3, 0.4) is 0 Å². The number of sulfonamides is 1. The summed E-state index contributed by atoms with van der Waals surface area (Å²) in [4.78, 5) is -0.114. The molecule has 0 aliphatic rings. The molecule has 1 aromatic rings. The highest BCUT2D eigenvalue weighted by Gasteiger charge is 2.18. The lowest BCUT2D eigenvalue weighted by atomic mass is 10.3. The summed E-state index contributed by atoms with van der Waals surface area (Å²) in [5.41, 5.74) is 0. The van der Waals surface area contributed by atoms with Crippen molar-refractivity contribution in [3.05, 3.63) is 12.4 Å². The Bertz CT molecular complexity index is 495. The first kappa shape index (κ1) is 19.2. The van der Waals surface area contributed by atoms with Crippen LogP contribution in [0.15, 0.2) is 17.3 Å². The number of halogens is 3. The summed E-state index contributed by atoms with van der Waals surface area (Å²) in [6.07, 6.45) is -0.424. The maximum Gasteiger partial charge on any atom is 0.257 e. The van der Waals surface area contributed by atoms with E-state index in [2.05, 4.69) is 15.1 Å². The first-order valence-corrected chi connectivity index (χ1v) is 7.37. The Kier molecular flexibility index (Phi) is 8.17. The molecule has 0 amide bonds. The van der Waals surface area contributed by atoms with Crippen LogP contribution >= 0.6 is 12.4 Å². The second-order valence-corrected chi connectivity index (χ2v) is 5.87. The third kappa shape index (κ3) is 6.12. The van der Waals surface area contributed by atoms with Crippen LogP contribution in [0.5, 0.6) is 0 Å². The molecule has 0 aromatic carbocycles. The molecular formula is C10H19ClF2N4O2S. The Morgan fingerprint density at radius 3 is 2.65 bits per heavy atom. The average Bonchev–Trinajstić information content (AvgIpc) is 2.75. The third-order valence-corrected chi connectivity index (χ3v) is 3.76. The minimum atomic E-state index is -3.71. The summed E-state index contributed by atoms with van der Waals surface area (Å²) >= 11 is 0. The third-order valence-electron chi connectivity index (χ3n) is 2.38. The van der Waals surface area contributed by atoms with Gasteiger partial charge < -0.3 is 5.32 Å². The highest BCUT2D eigenvalue weighted by Crippen LogP contribution is 2.08. The van der Waals surface area contributed by atoms with E-state index in [0.29, 0.717) is 0 Å². The Morgan fingerprint density at radius 1 is 1.45 bits per heavy atom. The molecule has 20 heavy (non-hydrogen) atoms. The number of rotatable bonds is 8. The molecule has 6 nitrogen and oxygen atoms in total. The van der Waals surface area contributed by atoms with Gasteiger partial charge in [-0.1, -0.05) is 6.92 Å². The summed E-state index contributed by atoms with van der Waals surface area (Å²) < 4.78 is 51.3. The largest absolute Gasteiger partial charge is 0.313 e. The van der Waals surface area contributed by atoms with Crippen LogP contribution in [0.2, 0.25) is 0 Å². The zero-order valence-electron chi connectivity index (χ0n) is 11.2. The zero-order valence-corrected chi connectivity index (χ0v) is 12.8. The Labute approximate surface area is 123 Å². The summed E-state index contributed by atoms with van der Waals surface area (Å²) in [5, 5.41) is 6.64. The lowest BCUT2D eigenvalue weighted by Gasteiger charge is -2.12. The predicted octanol–water partition coefficient (Wildman–Crippen LogP) is 0.846. The van der Waals surface area contributed by atoms with Crippen LogP contribution in [-0.2, 0) is 16.6 Å². The number of hydrogen-bond acceptors (Lipinski definition) is 4. The van der Waals surface area contributed by atoms with E-state index in [1.54, 1.807) is 0 Å². The SMILES string of the molecule is CCN[C@H](C)CNS(=O)(=O)c1cnn(CC(F)F)c1.Cl. The first-order valence-electron chi connectivity index (χ1n) is 5.88. The number of hydrogen-bond donors (Lipinski definition) is 2. The number of nitrogens with zero attached hydrogens (tertiary/aromatic N) is 2. The van der Waals surface area contributed by atoms with Gasteiger partial charge in [-0.25, -0.2) is 21.9 Å². The lowest BCUT2D eigenvalue weighted by Crippen LogP contribution is -2.38. The van der Waals surface area contributed by atoms with Crippen molar-refractivity contribution < 1.29 is 17.2 Å². The number of alkyl halides is 2. The molecule has 0 aliphatic heterocycles. The molecule has 0 saturated carbocycles. The topological polar surface area (TPSA) is 76.0 Å². The summed E-state index contributed by atoms with van der Waals surface area (Å²) in [7, 11) is -3.71. The van der Waals surface area contributed by atoms with E-state index < -0.39 is 23.0 Å². The summed E-state index contributed by atoms with van der Waals surface area (Å²) in [6, 6.07) is -0.0177. The van der Waals surface area contributed by atoms with E-state index in [-0.39, 0.29) is 29.9 Å². The van der Waals surface area contributed by atoms with Crippen molar-refractivity contribution in [3.63, 3.8) is 0 Å². The van der Waals surface area contributed by atoms with E-state index in [9.17, 15) is 17.2 Å². The van der Waals surface area contributed by atoms with Gasteiger partial charge in [0.05, 0.1) is 6.20 Å². The zero-order chi connectivity index (χ0) is 14.5. The Morgan fingerprint density at radius 2 is 2.10 bits per heavy atom. The van der Waals surface area contributed by atoms with Gasteiger partial charge in [-0.05, 0) is 13.5 Å². The molecule has 0 fully saturated rings. The first-order chi connectivity index (χ1) is 8.85. The van der Waals surface area contributed by atoms with Gasteiger partial charge in [0.2, 0.25) is 10.0 Å². The van der Waals surface area contributed by atoms with E-state index in [4.69, 9.17) is 0 Å². The van der Waals surface area contributed by atoms with Crippen molar-refractivity contribution in [1.82, 2.24) is 19.8 Å². The van der Waals surface area contributed by atoms with Crippen LogP contribution in [0.25, 0.3) is 0 Å². The van der Waals surface area contributed by atoms with Crippen molar-refractivity contribution in [1.29, 1.82) is 0 Å². The van der Waals surface area contributed by atoms with Gasteiger partial charge >= 0.3 is 0 Å². The summed E-state index contributed by atoms with van der Waals surface area (Å²) in [6.45, 7) is 4.08. The molecule has 0 bridgehead atoms. The van der Waals surface area contributed by atoms with Crippen molar-refractivity contribution >= 4 is 22.4 Å². The van der Waals surface area contributed by atoms with E-state index in [0.717, 1.165) is 23.6 Å². The second kappa shape index (κ2) is 8.50. The lowest BCUT2D eigenvalue weighted by molar-refractivity contribution is 0.121. The molecule has 0 saturated heterocycles. The van der Waals surface area contributed by atoms with Crippen LogP contribution < -0.4 is 10.0 Å². The maximum atomic E-state index is 12.1. The van der Waals surface area contributed by atoms with Gasteiger partial charge in [0.1, 0.15) is 11.4 Å². The van der Waals surface area contributed by atoms with Gasteiger partial charge in [-0.3, -0.25) is 4.68 Å². The minimum absolute atomic E-state index is 0. The standard InChI is InChI=1S/C10H18F2N4O2S.ClH/c1-3-13-8(2)4-15-19(17,18)9-5-14-16(6-9)7-10(11)12;/h5-6,8,10,13,15H,3-4,7H2,1-2H3;1H/t8-;/m1./s1. The van der Waals surface area contributed by atoms with Crippen molar-refractivity contribution in [2.75, 3.05) is 13.1 Å². The minimum Gasteiger partial charge on any atom is -0.313 e. The van der Waals surface area contributed by atoms with E-state index >= 15 is 0 Å². The molecule has 0 unspecified atom stereocenters. The Hall–Kier alpha value is -0.770. The average molecular weight is 333 g/mol. The van der Waals surface area contributed by atoms with Crippen molar-refractivity contribution in [2.24, 2.45) is 0 Å². The fraction of sp³-hybridized carbons (Fsp3) is 0.700. The van der Waals surface area contributed by atoms with Gasteiger partial charge in [0.15, 0.2) is 0 Å². The van der Waals surface area contributed by atoms with E-state index in [1.165, 1.54) is 0 Å². The molecule has 2 N–H and O–H groups in total. The molecule has 1 atom stereocenters. The molecule has 0 aliphatic carbocycles. The quantitative estimate of drug-likeness (QED) is 0.740. The predicted molar refractivity (Wildman–Crippen MR) is 73.8 cm³/mol. The normalized spacial score (nSPS) is 13.2. The van der Waals surface area contributed by atoms with Gasteiger partial charge in [0, 0.05) is 18.8 Å². The van der Waals surface area contributed by atoms with Crippen LogP contribution in [-0.4, -0.2) is 43.8 Å². The number of aromatic nitrogens is 2. The van der Waals surface area contributed by atoms with Crippen LogP contribution in [0, 0.1) is 0 Å². The fourth-order valence-electron chi connectivity index (χ4n) is 1.46. The molecular weight excluding hydrogens is 314 g/mol. The molecule has 1 rings (SSSR count). The number of likely N-dealkylation sites (N-methyl/N-ethyl adjacent to an activating group) is 1. The molecule has 0 spiro atoms. The van der Waals surface area contributed by atoms with E-state index in [1.807, 2.05) is 13.8 Å². The maximum absolute atomic E-state index is 12.1. The molecule has 1 heterocycles. The fourth-order valence-corrected chi connectivity index (χ4v) is 2.55. The second-order valence-electron chi connectivity index (χ2n) is 4.10. The van der Waals surface area contributed by atoms with Crippen molar-refractivity contribution in [3.8, 4) is 0 Å². The molecule has 118 valence electrons. The van der Waals surface area contributed by atoms with Gasteiger partial charge in [0.25, 0.3) is 6.43 Å².